The molecule has 5 atom stereocenters. The van der Waals surface area contributed by atoms with Gasteiger partial charge in [-0.3, -0.25) is 9.59 Å². The Labute approximate surface area is 294 Å². The summed E-state index contributed by atoms with van der Waals surface area (Å²) in [5, 5.41) is 23.5. The first kappa shape index (κ1) is 35.7. The molecule has 4 N–H and O–H groups in total. The highest BCUT2D eigenvalue weighted by atomic mass is 35.5. The largest absolute Gasteiger partial charge is 0.445 e. The summed E-state index contributed by atoms with van der Waals surface area (Å²) < 4.78 is 10.8. The van der Waals surface area contributed by atoms with Crippen molar-refractivity contribution in [2.75, 3.05) is 0 Å². The van der Waals surface area contributed by atoms with Crippen molar-refractivity contribution >= 4 is 52.0 Å². The van der Waals surface area contributed by atoms with Crippen LogP contribution in [0, 0.1) is 23.2 Å². The number of nitrogens with one attached hydrogen (secondary N) is 4. The maximum atomic E-state index is 14.6. The standard InChI is InChI=1S/C35H39Cl2N7O5/c1-5-19(3)28(42-34(47)48-18-21-10-8-7-9-11-21)31(45)43-35(33(46)41-29(20(4)6-2)32-40-27(17-38)44-49-32)13-12-26-24(16-35)23-14-22(36)15-25(37)30(23)39-26/h7-11,14-15,19-20,28-29,39H,5-6,12-13,16,18H2,1-4H3,(H,41,46)(H,42,47)(H,43,45)/t19?,20?,28?,29?,35-/m1/s1. The first-order valence-electron chi connectivity index (χ1n) is 16.3. The zero-order chi connectivity index (χ0) is 35.3. The molecule has 0 fully saturated rings. The molecule has 3 amide bonds. The Balaban J connectivity index is 1.48. The molecule has 1 aliphatic rings. The molecule has 49 heavy (non-hydrogen) atoms. The van der Waals surface area contributed by atoms with Gasteiger partial charge < -0.3 is 30.2 Å². The van der Waals surface area contributed by atoms with Gasteiger partial charge >= 0.3 is 6.09 Å². The molecule has 5 rings (SSSR count). The van der Waals surface area contributed by atoms with E-state index in [1.807, 2.05) is 64.1 Å². The number of amides is 3. The smallest absolute Gasteiger partial charge is 0.408 e. The summed E-state index contributed by atoms with van der Waals surface area (Å²) >= 11 is 12.9. The minimum absolute atomic E-state index is 0.0303. The van der Waals surface area contributed by atoms with E-state index in [2.05, 4.69) is 31.1 Å². The van der Waals surface area contributed by atoms with Crippen molar-refractivity contribution in [3.05, 3.63) is 81.0 Å². The maximum absolute atomic E-state index is 14.6. The van der Waals surface area contributed by atoms with Gasteiger partial charge in [-0.25, -0.2) is 4.79 Å². The predicted octanol–water partition coefficient (Wildman–Crippen LogP) is 6.32. The Bertz CT molecular complexity index is 1870. The number of alkyl carbamates (subject to hydrolysis) is 1. The second kappa shape index (κ2) is 15.3. The van der Waals surface area contributed by atoms with Gasteiger partial charge in [0.2, 0.25) is 17.7 Å². The fourth-order valence-electron chi connectivity index (χ4n) is 6.11. The van der Waals surface area contributed by atoms with Gasteiger partial charge in [-0.15, -0.1) is 0 Å². The summed E-state index contributed by atoms with van der Waals surface area (Å²) in [6.07, 6.45) is 1.18. The molecule has 4 aromatic rings. The van der Waals surface area contributed by atoms with Crippen LogP contribution in [0.15, 0.2) is 47.0 Å². The molecule has 0 radical (unpaired) electrons. The average Bonchev–Trinajstić information content (AvgIpc) is 3.73. The lowest BCUT2D eigenvalue weighted by Gasteiger charge is -2.39. The van der Waals surface area contributed by atoms with Crippen molar-refractivity contribution in [3.8, 4) is 6.07 Å². The number of ether oxygens (including phenoxy) is 1. The third-order valence-corrected chi connectivity index (χ3v) is 9.90. The number of H-pyrrole nitrogens is 1. The highest BCUT2D eigenvalue weighted by Crippen LogP contribution is 2.39. The Morgan fingerprint density at radius 3 is 2.51 bits per heavy atom. The lowest BCUT2D eigenvalue weighted by atomic mass is 9.78. The number of carbonyl (C=O) groups is 3. The van der Waals surface area contributed by atoms with Crippen LogP contribution in [-0.4, -0.2) is 44.6 Å². The van der Waals surface area contributed by atoms with Gasteiger partial charge in [0.05, 0.1) is 10.5 Å². The van der Waals surface area contributed by atoms with E-state index in [-0.39, 0.29) is 43.0 Å². The summed E-state index contributed by atoms with van der Waals surface area (Å²) in [7, 11) is 0. The Morgan fingerprint density at radius 1 is 1.10 bits per heavy atom. The Hall–Kier alpha value is -4.60. The molecule has 12 nitrogen and oxygen atoms in total. The number of carbonyl (C=O) groups excluding carboxylic acids is 3. The molecule has 2 aromatic carbocycles. The van der Waals surface area contributed by atoms with E-state index in [1.54, 1.807) is 12.1 Å². The monoisotopic (exact) mass is 707 g/mol. The summed E-state index contributed by atoms with van der Waals surface area (Å²) in [5.74, 6) is -1.55. The molecular weight excluding hydrogens is 669 g/mol. The van der Waals surface area contributed by atoms with Crippen molar-refractivity contribution in [2.24, 2.45) is 11.8 Å². The maximum Gasteiger partial charge on any atom is 0.408 e. The minimum atomic E-state index is -1.47. The molecule has 1 aliphatic carbocycles. The van der Waals surface area contributed by atoms with Crippen LogP contribution in [0.1, 0.15) is 81.5 Å². The third-order valence-electron chi connectivity index (χ3n) is 9.39. The van der Waals surface area contributed by atoms with Gasteiger partial charge in [0, 0.05) is 22.5 Å². The van der Waals surface area contributed by atoms with Crippen LogP contribution >= 0.6 is 23.2 Å². The fourth-order valence-corrected chi connectivity index (χ4v) is 6.65. The zero-order valence-corrected chi connectivity index (χ0v) is 29.2. The molecule has 0 spiro atoms. The molecule has 0 saturated heterocycles. The predicted molar refractivity (Wildman–Crippen MR) is 184 cm³/mol. The minimum Gasteiger partial charge on any atom is -0.445 e. The lowest BCUT2D eigenvalue weighted by Crippen LogP contribution is -2.65. The zero-order valence-electron chi connectivity index (χ0n) is 27.7. The van der Waals surface area contributed by atoms with Crippen LogP contribution < -0.4 is 16.0 Å². The first-order valence-corrected chi connectivity index (χ1v) is 17.1. The first-order chi connectivity index (χ1) is 23.5. The topological polar surface area (TPSA) is 175 Å². The van der Waals surface area contributed by atoms with E-state index >= 15 is 0 Å². The van der Waals surface area contributed by atoms with E-state index in [0.29, 0.717) is 34.8 Å². The quantitative estimate of drug-likeness (QED) is 0.132. The highest BCUT2D eigenvalue weighted by Gasteiger charge is 2.47. The van der Waals surface area contributed by atoms with Crippen molar-refractivity contribution in [3.63, 3.8) is 0 Å². The Morgan fingerprint density at radius 2 is 1.84 bits per heavy atom. The normalized spacial score (nSPS) is 18.0. The van der Waals surface area contributed by atoms with Crippen LogP contribution in [0.25, 0.3) is 10.9 Å². The molecule has 4 unspecified atom stereocenters. The second-order valence-electron chi connectivity index (χ2n) is 12.6. The number of nitriles is 1. The molecular formula is C35H39Cl2N7O5. The van der Waals surface area contributed by atoms with Crippen LogP contribution in [-0.2, 0) is 33.8 Å². The van der Waals surface area contributed by atoms with Gasteiger partial charge in [-0.2, -0.15) is 10.2 Å². The van der Waals surface area contributed by atoms with E-state index in [1.165, 1.54) is 0 Å². The second-order valence-corrected chi connectivity index (χ2v) is 13.5. The summed E-state index contributed by atoms with van der Waals surface area (Å²) in [6.45, 7) is 7.65. The number of benzene rings is 2. The molecule has 258 valence electrons. The number of halogens is 2. The summed E-state index contributed by atoms with van der Waals surface area (Å²) in [5.41, 5.74) is 1.69. The van der Waals surface area contributed by atoms with Gasteiger partial charge in [-0.05, 0) is 53.1 Å². The van der Waals surface area contributed by atoms with Gasteiger partial charge in [-0.1, -0.05) is 94.1 Å². The van der Waals surface area contributed by atoms with Crippen molar-refractivity contribution < 1.29 is 23.6 Å². The number of fused-ring (bicyclic) bond motifs is 3. The number of hydrogen-bond donors (Lipinski definition) is 4. The van der Waals surface area contributed by atoms with Gasteiger partial charge in [0.25, 0.3) is 5.82 Å². The average molecular weight is 709 g/mol. The highest BCUT2D eigenvalue weighted by molar-refractivity contribution is 6.38. The van der Waals surface area contributed by atoms with E-state index in [0.717, 1.165) is 22.2 Å². The molecule has 0 bridgehead atoms. The van der Waals surface area contributed by atoms with E-state index < -0.39 is 35.5 Å². The van der Waals surface area contributed by atoms with Crippen molar-refractivity contribution in [1.82, 2.24) is 31.1 Å². The third kappa shape index (κ3) is 7.84. The van der Waals surface area contributed by atoms with Gasteiger partial charge in [0.15, 0.2) is 0 Å². The Kier molecular flexibility index (Phi) is 11.2. The summed E-state index contributed by atoms with van der Waals surface area (Å²) in [6, 6.07) is 12.7. The number of aromatic nitrogens is 3. The molecule has 0 aliphatic heterocycles. The molecule has 2 aromatic heterocycles. The van der Waals surface area contributed by atoms with Crippen molar-refractivity contribution in [2.45, 2.75) is 84.0 Å². The van der Waals surface area contributed by atoms with Crippen LogP contribution in [0.3, 0.4) is 0 Å². The molecule has 14 heteroatoms. The van der Waals surface area contributed by atoms with E-state index in [9.17, 15) is 19.6 Å². The van der Waals surface area contributed by atoms with E-state index in [4.69, 9.17) is 32.5 Å². The SMILES string of the molecule is CCC(C)C(NC(=O)OCc1ccccc1)C(=O)N[C@]1(C(=O)NC(c2nc(C#N)no2)C(C)CC)CCc2[nH]c3c(Cl)cc(Cl)cc3c2C1. The number of aromatic amines is 1. The van der Waals surface area contributed by atoms with Crippen LogP contribution in [0.4, 0.5) is 4.79 Å². The lowest BCUT2D eigenvalue weighted by molar-refractivity contribution is -0.136. The van der Waals surface area contributed by atoms with Crippen LogP contribution in [0.2, 0.25) is 10.0 Å². The molecule has 0 saturated carbocycles. The number of hydrogen-bond acceptors (Lipinski definition) is 8. The van der Waals surface area contributed by atoms with Crippen molar-refractivity contribution in [1.29, 1.82) is 5.26 Å². The number of rotatable bonds is 12. The number of aryl methyl sites for hydroxylation is 1. The fraction of sp³-hybridized carbons (Fsp3) is 0.429. The summed E-state index contributed by atoms with van der Waals surface area (Å²) in [4.78, 5) is 49.4. The van der Waals surface area contributed by atoms with Gasteiger partial charge in [0.1, 0.15) is 30.3 Å². The van der Waals surface area contributed by atoms with Crippen LogP contribution in [0.5, 0.6) is 0 Å². The number of nitrogens with zero attached hydrogens (tertiary/aromatic N) is 3. The molecule has 2 heterocycles.